The van der Waals surface area contributed by atoms with E-state index in [0.29, 0.717) is 13.2 Å². The first-order valence-corrected chi connectivity index (χ1v) is 9.17. The van der Waals surface area contributed by atoms with Crippen molar-refractivity contribution in [2.24, 2.45) is 0 Å². The Balaban J connectivity index is 2.15. The molecule has 2 aromatic rings. The Labute approximate surface area is 146 Å². The van der Waals surface area contributed by atoms with E-state index in [9.17, 15) is 0 Å². The molecule has 5 heteroatoms. The topological polar surface area (TPSA) is 18.5 Å². The van der Waals surface area contributed by atoms with Crippen LogP contribution >= 0.6 is 43.2 Å². The van der Waals surface area contributed by atoms with Crippen molar-refractivity contribution in [3.63, 3.8) is 0 Å². The molecule has 0 fully saturated rings. The Morgan fingerprint density at radius 3 is 2.52 bits per heavy atom. The molecule has 0 aliphatic carbocycles. The highest BCUT2D eigenvalue weighted by molar-refractivity contribution is 9.10. The monoisotopic (exact) mass is 432 g/mol. The van der Waals surface area contributed by atoms with E-state index < -0.39 is 0 Å². The molecule has 0 saturated heterocycles. The first-order chi connectivity index (χ1) is 10.0. The fourth-order valence-electron chi connectivity index (χ4n) is 1.92. The van der Waals surface area contributed by atoms with Crippen LogP contribution in [0, 0.1) is 13.8 Å². The molecule has 1 aromatic carbocycles. The van der Waals surface area contributed by atoms with Crippen molar-refractivity contribution in [1.29, 1.82) is 0 Å². The average molecular weight is 434 g/mol. The number of rotatable bonds is 6. The van der Waals surface area contributed by atoms with Crippen LogP contribution < -0.4 is 4.74 Å². The van der Waals surface area contributed by atoms with Crippen molar-refractivity contribution in [3.05, 3.63) is 49.6 Å². The summed E-state index contributed by atoms with van der Waals surface area (Å²) in [6, 6.07) is 8.44. The lowest BCUT2D eigenvalue weighted by molar-refractivity contribution is 0.146. The van der Waals surface area contributed by atoms with Crippen LogP contribution in [0.5, 0.6) is 5.75 Å². The highest BCUT2D eigenvalue weighted by Crippen LogP contribution is 2.39. The van der Waals surface area contributed by atoms with E-state index >= 15 is 0 Å². The highest BCUT2D eigenvalue weighted by atomic mass is 79.9. The van der Waals surface area contributed by atoms with Crippen LogP contribution in [0.25, 0.3) is 0 Å². The van der Waals surface area contributed by atoms with Gasteiger partial charge in [-0.3, -0.25) is 0 Å². The van der Waals surface area contributed by atoms with Gasteiger partial charge < -0.3 is 9.47 Å². The number of ether oxygens (including phenoxy) is 2. The minimum atomic E-state index is 0.208. The zero-order valence-corrected chi connectivity index (χ0v) is 16.3. The first-order valence-electron chi connectivity index (χ1n) is 6.65. The van der Waals surface area contributed by atoms with Gasteiger partial charge in [0, 0.05) is 16.9 Å². The zero-order valence-electron chi connectivity index (χ0n) is 12.3. The molecule has 1 heterocycles. The van der Waals surface area contributed by atoms with Crippen LogP contribution in [0.2, 0.25) is 0 Å². The molecule has 1 atom stereocenters. The summed E-state index contributed by atoms with van der Waals surface area (Å²) < 4.78 is 11.6. The van der Waals surface area contributed by atoms with Crippen LogP contribution in [0.4, 0.5) is 0 Å². The molecule has 0 radical (unpaired) electrons. The van der Waals surface area contributed by atoms with Gasteiger partial charge >= 0.3 is 0 Å². The molecule has 0 spiro atoms. The summed E-state index contributed by atoms with van der Waals surface area (Å²) in [7, 11) is 1.67. The molecule has 2 nitrogen and oxygen atoms in total. The van der Waals surface area contributed by atoms with Crippen LogP contribution in [-0.2, 0) is 4.74 Å². The van der Waals surface area contributed by atoms with Gasteiger partial charge in [0.25, 0.3) is 0 Å². The third-order valence-corrected chi connectivity index (χ3v) is 6.39. The lowest BCUT2D eigenvalue weighted by Crippen LogP contribution is -2.04. The Kier molecular flexibility index (Phi) is 6.29. The third kappa shape index (κ3) is 4.31. The third-order valence-electron chi connectivity index (χ3n) is 3.23. The van der Waals surface area contributed by atoms with Crippen molar-refractivity contribution in [2.75, 3.05) is 20.3 Å². The molecular weight excluding hydrogens is 416 g/mol. The lowest BCUT2D eigenvalue weighted by Gasteiger charge is -2.12. The van der Waals surface area contributed by atoms with Gasteiger partial charge in [0.1, 0.15) is 12.4 Å². The second-order valence-corrected chi connectivity index (χ2v) is 7.84. The fourth-order valence-corrected chi connectivity index (χ4v) is 4.17. The molecule has 0 saturated carbocycles. The second-order valence-electron chi connectivity index (χ2n) is 4.78. The Bertz CT molecular complexity index is 591. The number of aryl methyl sites for hydroxylation is 2. The summed E-state index contributed by atoms with van der Waals surface area (Å²) in [6.45, 7) is 5.45. The maximum absolute atomic E-state index is 5.66. The number of hydrogen-bond donors (Lipinski definition) is 0. The van der Waals surface area contributed by atoms with E-state index in [1.54, 1.807) is 7.11 Å². The van der Waals surface area contributed by atoms with E-state index in [0.717, 1.165) is 10.2 Å². The summed E-state index contributed by atoms with van der Waals surface area (Å²) in [5.74, 6) is 0.842. The molecule has 0 bridgehead atoms. The van der Waals surface area contributed by atoms with Crippen molar-refractivity contribution in [1.82, 2.24) is 0 Å². The highest BCUT2D eigenvalue weighted by Gasteiger charge is 2.15. The molecule has 0 aliphatic rings. The van der Waals surface area contributed by atoms with Crippen molar-refractivity contribution >= 4 is 43.2 Å². The molecule has 2 rings (SSSR count). The minimum Gasteiger partial charge on any atom is -0.490 e. The molecule has 0 N–H and O–H groups in total. The normalized spacial score (nSPS) is 12.4. The largest absolute Gasteiger partial charge is 0.490 e. The number of alkyl halides is 1. The predicted molar refractivity (Wildman–Crippen MR) is 96.1 cm³/mol. The summed E-state index contributed by atoms with van der Waals surface area (Å²) in [5, 5.41) is 0. The maximum Gasteiger partial charge on any atom is 0.133 e. The fraction of sp³-hybridized carbons (Fsp3) is 0.375. The molecule has 0 amide bonds. The van der Waals surface area contributed by atoms with Gasteiger partial charge in [-0.2, -0.15) is 0 Å². The smallest absolute Gasteiger partial charge is 0.133 e. The summed E-state index contributed by atoms with van der Waals surface area (Å²) in [4.78, 5) is 2.90. The molecule has 0 aliphatic heterocycles. The van der Waals surface area contributed by atoms with Crippen LogP contribution in [-0.4, -0.2) is 20.3 Å². The number of hydrogen-bond acceptors (Lipinski definition) is 3. The number of thiophene rings is 1. The quantitative estimate of drug-likeness (QED) is 0.433. The van der Waals surface area contributed by atoms with Crippen molar-refractivity contribution < 1.29 is 9.47 Å². The van der Waals surface area contributed by atoms with Gasteiger partial charge in [-0.15, -0.1) is 11.3 Å². The Morgan fingerprint density at radius 1 is 1.19 bits per heavy atom. The van der Waals surface area contributed by atoms with Crippen LogP contribution in [0.15, 0.2) is 28.7 Å². The zero-order chi connectivity index (χ0) is 15.4. The molecular formula is C16H18Br2O2S. The van der Waals surface area contributed by atoms with Crippen molar-refractivity contribution in [2.45, 2.75) is 18.7 Å². The predicted octanol–water partition coefficient (Wildman–Crippen LogP) is 5.64. The van der Waals surface area contributed by atoms with Gasteiger partial charge in [-0.1, -0.05) is 22.0 Å². The number of benzene rings is 1. The minimum absolute atomic E-state index is 0.208. The first kappa shape index (κ1) is 17.0. The van der Waals surface area contributed by atoms with Crippen LogP contribution in [0.1, 0.15) is 25.7 Å². The lowest BCUT2D eigenvalue weighted by atomic mass is 10.1. The van der Waals surface area contributed by atoms with E-state index in [4.69, 9.17) is 9.47 Å². The van der Waals surface area contributed by atoms with Gasteiger partial charge in [-0.05, 0) is 59.1 Å². The summed E-state index contributed by atoms with van der Waals surface area (Å²) in [5.41, 5.74) is 2.56. The number of halogens is 2. The Morgan fingerprint density at radius 2 is 1.95 bits per heavy atom. The van der Waals surface area contributed by atoms with E-state index in [2.05, 4.69) is 63.9 Å². The van der Waals surface area contributed by atoms with Gasteiger partial charge in [0.05, 0.1) is 15.9 Å². The summed E-state index contributed by atoms with van der Waals surface area (Å²) in [6.07, 6.45) is 0. The molecule has 21 heavy (non-hydrogen) atoms. The SMILES string of the molecule is COCCOc1ccc(C(Br)c2cc(C)c(C)s2)cc1Br. The summed E-state index contributed by atoms with van der Waals surface area (Å²) >= 11 is 9.20. The van der Waals surface area contributed by atoms with Gasteiger partial charge in [0.15, 0.2) is 0 Å². The van der Waals surface area contributed by atoms with E-state index in [1.165, 1.54) is 20.9 Å². The molecule has 114 valence electrons. The molecule has 1 aromatic heterocycles. The van der Waals surface area contributed by atoms with Crippen LogP contribution in [0.3, 0.4) is 0 Å². The second kappa shape index (κ2) is 7.77. The van der Waals surface area contributed by atoms with E-state index in [-0.39, 0.29) is 4.83 Å². The molecule has 1 unspecified atom stereocenters. The maximum atomic E-state index is 5.66. The van der Waals surface area contributed by atoms with Gasteiger partial charge in [-0.25, -0.2) is 0 Å². The standard InChI is InChI=1S/C16H18Br2O2S/c1-10-8-15(21-11(10)2)16(18)12-4-5-14(13(17)9-12)20-7-6-19-3/h4-5,8-9,16H,6-7H2,1-3H3. The average Bonchev–Trinajstić information content (AvgIpc) is 2.80. The van der Waals surface area contributed by atoms with Gasteiger partial charge in [0.2, 0.25) is 0 Å². The van der Waals surface area contributed by atoms with Crippen molar-refractivity contribution in [3.8, 4) is 5.75 Å². The van der Waals surface area contributed by atoms with E-state index in [1.807, 2.05) is 17.4 Å². The number of methoxy groups -OCH3 is 1. The Hall–Kier alpha value is -0.360.